The molecule has 2 heterocycles. The Kier molecular flexibility index (Phi) is 5.48. The van der Waals surface area contributed by atoms with Gasteiger partial charge in [-0.3, -0.25) is 9.69 Å². The second-order valence-electron chi connectivity index (χ2n) is 7.61. The van der Waals surface area contributed by atoms with Crippen LogP contribution in [-0.2, 0) is 9.53 Å². The molecule has 1 saturated heterocycles. The van der Waals surface area contributed by atoms with Gasteiger partial charge in [0.25, 0.3) is 5.91 Å². The highest BCUT2D eigenvalue weighted by Gasteiger charge is 2.36. The number of benzene rings is 1. The van der Waals surface area contributed by atoms with Crippen LogP contribution in [0.4, 0.5) is 4.79 Å². The molecule has 0 aliphatic carbocycles. The summed E-state index contributed by atoms with van der Waals surface area (Å²) in [5, 5.41) is 4.03. The molecule has 0 saturated carbocycles. The Balaban J connectivity index is 1.58. The van der Waals surface area contributed by atoms with Gasteiger partial charge in [0.05, 0.1) is 6.21 Å². The molecule has 0 unspecified atom stereocenters. The van der Waals surface area contributed by atoms with Crippen molar-refractivity contribution in [3.63, 3.8) is 0 Å². The molecule has 7 nitrogen and oxygen atoms in total. The van der Waals surface area contributed by atoms with E-state index in [-0.39, 0.29) is 5.91 Å². The number of ether oxygens (including phenoxy) is 2. The van der Waals surface area contributed by atoms with Gasteiger partial charge in [0.2, 0.25) is 0 Å². The molecule has 2 aliphatic heterocycles. The number of nitrogens with one attached hydrogen (secondary N) is 1. The van der Waals surface area contributed by atoms with Crippen LogP contribution < -0.4 is 10.2 Å². The summed E-state index contributed by atoms with van der Waals surface area (Å²) in [6, 6.07) is 7.16. The van der Waals surface area contributed by atoms with E-state index in [9.17, 15) is 9.59 Å². The van der Waals surface area contributed by atoms with Gasteiger partial charge in [0.1, 0.15) is 24.0 Å². The first-order valence-corrected chi connectivity index (χ1v) is 9.08. The Hall–Kier alpha value is -2.83. The van der Waals surface area contributed by atoms with Gasteiger partial charge in [-0.1, -0.05) is 18.2 Å². The zero-order valence-corrected chi connectivity index (χ0v) is 15.9. The quantitative estimate of drug-likeness (QED) is 0.654. The molecule has 1 N–H and O–H groups in total. The van der Waals surface area contributed by atoms with E-state index >= 15 is 0 Å². The number of nitrogens with zero attached hydrogens (tertiary/aromatic N) is 2. The topological polar surface area (TPSA) is 80.2 Å². The molecule has 0 aromatic heterocycles. The number of para-hydroxylation sites is 1. The van der Waals surface area contributed by atoms with Crippen LogP contribution in [0, 0.1) is 0 Å². The predicted octanol–water partition coefficient (Wildman–Crippen LogP) is 2.96. The Morgan fingerprint density at radius 2 is 2.11 bits per heavy atom. The molecule has 0 bridgehead atoms. The highest BCUT2D eigenvalue weighted by molar-refractivity contribution is 5.90. The fourth-order valence-electron chi connectivity index (χ4n) is 3.04. The lowest BCUT2D eigenvalue weighted by atomic mass is 10.1. The third-order valence-electron chi connectivity index (χ3n) is 4.24. The van der Waals surface area contributed by atoms with Gasteiger partial charge in [-0.05, 0) is 45.8 Å². The highest BCUT2D eigenvalue weighted by atomic mass is 16.6. The fraction of sp³-hybridized carbons (Fsp3) is 0.450. The van der Waals surface area contributed by atoms with E-state index in [2.05, 4.69) is 10.5 Å². The second-order valence-corrected chi connectivity index (χ2v) is 7.61. The molecule has 1 fully saturated rings. The third kappa shape index (κ3) is 4.87. The van der Waals surface area contributed by atoms with Crippen LogP contribution >= 0.6 is 0 Å². The molecule has 1 aromatic rings. The molecule has 27 heavy (non-hydrogen) atoms. The number of hydrogen-bond donors (Lipinski definition) is 1. The summed E-state index contributed by atoms with van der Waals surface area (Å²) in [6.07, 6.45) is 4.43. The van der Waals surface area contributed by atoms with Gasteiger partial charge in [0.15, 0.2) is 0 Å². The number of likely N-dealkylation sites (tertiary alicyclic amines) is 1. The van der Waals surface area contributed by atoms with Crippen LogP contribution in [0.2, 0.25) is 0 Å². The maximum Gasteiger partial charge on any atom is 0.410 e. The summed E-state index contributed by atoms with van der Waals surface area (Å²) < 4.78 is 11.0. The minimum Gasteiger partial charge on any atom is -0.488 e. The zero-order chi connectivity index (χ0) is 19.4. The Morgan fingerprint density at radius 1 is 1.33 bits per heavy atom. The normalized spacial score (nSPS) is 19.3. The third-order valence-corrected chi connectivity index (χ3v) is 4.24. The second kappa shape index (κ2) is 7.82. The number of carbonyl (C=O) groups excluding carboxylic acids is 2. The molecule has 2 amide bonds. The van der Waals surface area contributed by atoms with Crippen molar-refractivity contribution >= 4 is 24.3 Å². The average molecular weight is 371 g/mol. The molecular formula is C20H25N3O4. The summed E-state index contributed by atoms with van der Waals surface area (Å²) >= 11 is 0. The van der Waals surface area contributed by atoms with Gasteiger partial charge in [0, 0.05) is 17.7 Å². The van der Waals surface area contributed by atoms with Gasteiger partial charge >= 0.3 is 6.09 Å². The largest absolute Gasteiger partial charge is 0.488 e. The fourth-order valence-corrected chi connectivity index (χ4v) is 3.04. The number of rotatable bonds is 3. The number of hydrazone groups is 1. The van der Waals surface area contributed by atoms with Gasteiger partial charge < -0.3 is 9.47 Å². The van der Waals surface area contributed by atoms with E-state index in [4.69, 9.17) is 9.47 Å². The van der Waals surface area contributed by atoms with Crippen molar-refractivity contribution in [2.24, 2.45) is 5.10 Å². The molecule has 0 spiro atoms. The molecule has 0 radical (unpaired) electrons. The van der Waals surface area contributed by atoms with Crippen molar-refractivity contribution in [1.29, 1.82) is 0 Å². The highest BCUT2D eigenvalue weighted by Crippen LogP contribution is 2.25. The summed E-state index contributed by atoms with van der Waals surface area (Å²) in [5.41, 5.74) is 3.76. The Morgan fingerprint density at radius 3 is 2.89 bits per heavy atom. The van der Waals surface area contributed by atoms with Crippen LogP contribution in [0.1, 0.15) is 39.2 Å². The zero-order valence-electron chi connectivity index (χ0n) is 15.9. The lowest BCUT2D eigenvalue weighted by Crippen LogP contribution is -2.46. The summed E-state index contributed by atoms with van der Waals surface area (Å²) in [5.74, 6) is 0.519. The molecule has 7 heteroatoms. The Labute approximate surface area is 159 Å². The average Bonchev–Trinajstić information content (AvgIpc) is 3.10. The van der Waals surface area contributed by atoms with Crippen LogP contribution in [0.25, 0.3) is 6.08 Å². The predicted molar refractivity (Wildman–Crippen MR) is 103 cm³/mol. The van der Waals surface area contributed by atoms with Crippen molar-refractivity contribution in [2.75, 3.05) is 13.2 Å². The summed E-state index contributed by atoms with van der Waals surface area (Å²) in [6.45, 7) is 6.31. The summed E-state index contributed by atoms with van der Waals surface area (Å²) in [7, 11) is 0. The molecule has 1 aromatic carbocycles. The SMILES string of the molecule is CC(C)(C)OC(=O)N1CCC[C@@H]1C(=O)NN=CC1=Cc2ccccc2OC1. The van der Waals surface area contributed by atoms with E-state index < -0.39 is 17.7 Å². The van der Waals surface area contributed by atoms with Crippen molar-refractivity contribution < 1.29 is 19.1 Å². The monoisotopic (exact) mass is 371 g/mol. The lowest BCUT2D eigenvalue weighted by Gasteiger charge is -2.27. The van der Waals surface area contributed by atoms with Crippen LogP contribution in [-0.4, -0.2) is 47.9 Å². The van der Waals surface area contributed by atoms with E-state index in [0.29, 0.717) is 19.6 Å². The molecule has 2 aliphatic rings. The molecular weight excluding hydrogens is 346 g/mol. The maximum absolute atomic E-state index is 12.4. The van der Waals surface area contributed by atoms with Gasteiger partial charge in [-0.2, -0.15) is 5.10 Å². The number of hydrogen-bond acceptors (Lipinski definition) is 5. The van der Waals surface area contributed by atoms with E-state index in [1.165, 1.54) is 4.90 Å². The van der Waals surface area contributed by atoms with E-state index in [0.717, 1.165) is 23.3 Å². The number of carbonyl (C=O) groups is 2. The number of fused-ring (bicyclic) bond motifs is 1. The first kappa shape index (κ1) is 18.9. The lowest BCUT2D eigenvalue weighted by molar-refractivity contribution is -0.125. The minimum absolute atomic E-state index is 0.313. The first-order chi connectivity index (χ1) is 12.8. The molecule has 3 rings (SSSR count). The van der Waals surface area contributed by atoms with Crippen molar-refractivity contribution in [3.8, 4) is 5.75 Å². The summed E-state index contributed by atoms with van der Waals surface area (Å²) in [4.78, 5) is 26.2. The van der Waals surface area contributed by atoms with Crippen LogP contribution in [0.3, 0.4) is 0 Å². The first-order valence-electron chi connectivity index (χ1n) is 9.08. The van der Waals surface area contributed by atoms with Gasteiger partial charge in [-0.15, -0.1) is 0 Å². The van der Waals surface area contributed by atoms with Gasteiger partial charge in [-0.25, -0.2) is 10.2 Å². The Bertz CT molecular complexity index is 780. The molecule has 144 valence electrons. The van der Waals surface area contributed by atoms with Crippen LogP contribution in [0.5, 0.6) is 5.75 Å². The van der Waals surface area contributed by atoms with Crippen LogP contribution in [0.15, 0.2) is 34.9 Å². The van der Waals surface area contributed by atoms with Crippen molar-refractivity contribution in [2.45, 2.75) is 45.3 Å². The smallest absolute Gasteiger partial charge is 0.410 e. The molecule has 1 atom stereocenters. The maximum atomic E-state index is 12.4. The number of amides is 2. The van der Waals surface area contributed by atoms with Crippen molar-refractivity contribution in [3.05, 3.63) is 35.4 Å². The minimum atomic E-state index is -0.595. The van der Waals surface area contributed by atoms with E-state index in [1.807, 2.05) is 30.3 Å². The van der Waals surface area contributed by atoms with Crippen molar-refractivity contribution in [1.82, 2.24) is 10.3 Å². The van der Waals surface area contributed by atoms with E-state index in [1.54, 1.807) is 27.0 Å². The standard InChI is InChI=1S/C20H25N3O4/c1-20(2,3)27-19(25)23-10-6-8-16(23)18(24)22-21-12-14-11-15-7-4-5-9-17(15)26-13-14/h4-5,7,9,11-12,16H,6,8,10,13H2,1-3H3,(H,22,24)/t16-/m1/s1.